The average Bonchev–Trinajstić information content (AvgIpc) is 2.61. The maximum Gasteiger partial charge on any atom is 0.224 e. The predicted octanol–water partition coefficient (Wildman–Crippen LogP) is 3.22. The molecule has 2 heterocycles. The van der Waals surface area contributed by atoms with Crippen LogP contribution in [0.1, 0.15) is 25.7 Å². The maximum atomic E-state index is 13.9. The number of morpholine rings is 1. The molecule has 0 atom stereocenters. The second-order valence-corrected chi connectivity index (χ2v) is 6.58. The van der Waals surface area contributed by atoms with Gasteiger partial charge in [0.05, 0.1) is 13.2 Å². The molecule has 0 bridgehead atoms. The van der Waals surface area contributed by atoms with Crippen LogP contribution in [0.25, 0.3) is 0 Å². The molecule has 2 aliphatic heterocycles. The Balaban J connectivity index is 0.00000169. The number of benzene rings is 1. The Labute approximate surface area is 166 Å². The van der Waals surface area contributed by atoms with Crippen molar-refractivity contribution in [2.75, 3.05) is 49.6 Å². The van der Waals surface area contributed by atoms with Crippen molar-refractivity contribution >= 4 is 42.1 Å². The fraction of sp³-hybridized carbons (Fsp3) is 0.611. The van der Waals surface area contributed by atoms with Crippen LogP contribution in [0.4, 0.5) is 15.8 Å². The standard InChI is InChI=1S/C18H26FN3O2.2ClH/c19-15-11-16(13-17(12-15)22-7-9-24-10-8-22)21-18(23)2-1-14-3-5-20-6-4-14;;/h11-14,20H,1-10H2,(H,21,23);2*1H. The molecule has 0 spiro atoms. The number of carbonyl (C=O) groups excluding carboxylic acids is 1. The zero-order chi connectivity index (χ0) is 16.8. The molecule has 0 saturated carbocycles. The molecular weight excluding hydrogens is 380 g/mol. The van der Waals surface area contributed by atoms with Crippen molar-refractivity contribution < 1.29 is 13.9 Å². The molecule has 2 fully saturated rings. The molecule has 1 aromatic carbocycles. The van der Waals surface area contributed by atoms with Crippen molar-refractivity contribution in [1.29, 1.82) is 0 Å². The maximum absolute atomic E-state index is 13.9. The van der Waals surface area contributed by atoms with Gasteiger partial charge in [0.15, 0.2) is 0 Å². The van der Waals surface area contributed by atoms with Gasteiger partial charge in [-0.15, -0.1) is 24.8 Å². The first-order valence-electron chi connectivity index (χ1n) is 8.84. The van der Waals surface area contributed by atoms with Crippen LogP contribution in [0.15, 0.2) is 18.2 Å². The molecule has 0 aliphatic carbocycles. The first kappa shape index (κ1) is 23.0. The number of carbonyl (C=O) groups is 1. The van der Waals surface area contributed by atoms with Gasteiger partial charge in [0, 0.05) is 30.9 Å². The third kappa shape index (κ3) is 6.91. The lowest BCUT2D eigenvalue weighted by atomic mass is 9.93. The number of piperidine rings is 1. The van der Waals surface area contributed by atoms with Crippen LogP contribution in [-0.4, -0.2) is 45.3 Å². The molecule has 2 saturated heterocycles. The summed E-state index contributed by atoms with van der Waals surface area (Å²) in [7, 11) is 0. The number of rotatable bonds is 5. The molecule has 0 radical (unpaired) electrons. The van der Waals surface area contributed by atoms with Crippen LogP contribution in [-0.2, 0) is 9.53 Å². The zero-order valence-electron chi connectivity index (χ0n) is 14.8. The zero-order valence-corrected chi connectivity index (χ0v) is 16.5. The van der Waals surface area contributed by atoms with Crippen molar-refractivity contribution in [3.63, 3.8) is 0 Å². The predicted molar refractivity (Wildman–Crippen MR) is 107 cm³/mol. The summed E-state index contributed by atoms with van der Waals surface area (Å²) < 4.78 is 19.2. The van der Waals surface area contributed by atoms with Crippen molar-refractivity contribution in [3.05, 3.63) is 24.0 Å². The highest BCUT2D eigenvalue weighted by atomic mass is 35.5. The fourth-order valence-corrected chi connectivity index (χ4v) is 3.38. The van der Waals surface area contributed by atoms with E-state index in [1.54, 1.807) is 0 Å². The number of nitrogens with zero attached hydrogens (tertiary/aromatic N) is 1. The van der Waals surface area contributed by atoms with E-state index in [4.69, 9.17) is 4.74 Å². The molecule has 0 aromatic heterocycles. The Bertz CT molecular complexity index is 565. The lowest BCUT2D eigenvalue weighted by molar-refractivity contribution is -0.116. The number of amides is 1. The van der Waals surface area contributed by atoms with Crippen LogP contribution in [0.5, 0.6) is 0 Å². The molecule has 2 N–H and O–H groups in total. The number of halogens is 3. The highest BCUT2D eigenvalue weighted by Gasteiger charge is 2.16. The number of ether oxygens (including phenoxy) is 1. The van der Waals surface area contributed by atoms with E-state index in [1.165, 1.54) is 12.1 Å². The summed E-state index contributed by atoms with van der Waals surface area (Å²) in [5.74, 6) is 0.258. The Kier molecular flexibility index (Phi) is 10.2. The Morgan fingerprint density at radius 3 is 2.58 bits per heavy atom. The van der Waals surface area contributed by atoms with Crippen molar-refractivity contribution in [2.45, 2.75) is 25.7 Å². The molecule has 8 heteroatoms. The number of nitrogens with one attached hydrogen (secondary N) is 2. The van der Waals surface area contributed by atoms with E-state index < -0.39 is 0 Å². The van der Waals surface area contributed by atoms with Gasteiger partial charge < -0.3 is 20.3 Å². The van der Waals surface area contributed by atoms with Crippen molar-refractivity contribution in [2.24, 2.45) is 5.92 Å². The van der Waals surface area contributed by atoms with E-state index in [9.17, 15) is 9.18 Å². The average molecular weight is 408 g/mol. The number of anilines is 2. The van der Waals surface area contributed by atoms with Crippen molar-refractivity contribution in [1.82, 2.24) is 5.32 Å². The molecule has 3 rings (SSSR count). The van der Waals surface area contributed by atoms with Gasteiger partial charge in [0.2, 0.25) is 5.91 Å². The van der Waals surface area contributed by atoms with Gasteiger partial charge in [-0.1, -0.05) is 0 Å². The minimum atomic E-state index is -0.326. The van der Waals surface area contributed by atoms with E-state index in [0.717, 1.165) is 51.1 Å². The van der Waals surface area contributed by atoms with E-state index in [0.29, 0.717) is 31.2 Å². The second-order valence-electron chi connectivity index (χ2n) is 6.58. The molecule has 26 heavy (non-hydrogen) atoms. The molecule has 1 aromatic rings. The Morgan fingerprint density at radius 1 is 1.19 bits per heavy atom. The third-order valence-electron chi connectivity index (χ3n) is 4.78. The summed E-state index contributed by atoms with van der Waals surface area (Å²) in [5, 5.41) is 6.18. The summed E-state index contributed by atoms with van der Waals surface area (Å²) in [6.45, 7) is 4.86. The van der Waals surface area contributed by atoms with Gasteiger partial charge in [-0.25, -0.2) is 4.39 Å². The van der Waals surface area contributed by atoms with Crippen LogP contribution in [0, 0.1) is 11.7 Å². The highest BCUT2D eigenvalue weighted by Crippen LogP contribution is 2.24. The van der Waals surface area contributed by atoms with Crippen LogP contribution in [0.2, 0.25) is 0 Å². The van der Waals surface area contributed by atoms with E-state index in [-0.39, 0.29) is 36.5 Å². The lowest BCUT2D eigenvalue weighted by Crippen LogP contribution is -2.36. The lowest BCUT2D eigenvalue weighted by Gasteiger charge is -2.29. The summed E-state index contributed by atoms with van der Waals surface area (Å²) in [6.07, 6.45) is 3.66. The summed E-state index contributed by atoms with van der Waals surface area (Å²) in [4.78, 5) is 14.3. The van der Waals surface area contributed by atoms with Gasteiger partial charge in [-0.2, -0.15) is 0 Å². The molecule has 5 nitrogen and oxygen atoms in total. The van der Waals surface area contributed by atoms with Gasteiger partial charge in [0.25, 0.3) is 0 Å². The highest BCUT2D eigenvalue weighted by molar-refractivity contribution is 5.91. The molecule has 148 valence electrons. The summed E-state index contributed by atoms with van der Waals surface area (Å²) >= 11 is 0. The largest absolute Gasteiger partial charge is 0.378 e. The molecule has 0 unspecified atom stereocenters. The van der Waals surface area contributed by atoms with Gasteiger partial charge in [0.1, 0.15) is 5.82 Å². The number of hydrogen-bond donors (Lipinski definition) is 2. The van der Waals surface area contributed by atoms with Crippen LogP contribution < -0.4 is 15.5 Å². The smallest absolute Gasteiger partial charge is 0.224 e. The van der Waals surface area contributed by atoms with E-state index in [2.05, 4.69) is 15.5 Å². The second kappa shape index (κ2) is 11.6. The summed E-state index contributed by atoms with van der Waals surface area (Å²) in [6, 6.07) is 4.74. The van der Waals surface area contributed by atoms with Crippen LogP contribution >= 0.6 is 24.8 Å². The van der Waals surface area contributed by atoms with Gasteiger partial charge >= 0.3 is 0 Å². The molecule has 1 amide bonds. The van der Waals surface area contributed by atoms with E-state index in [1.807, 2.05) is 6.07 Å². The molecule has 2 aliphatic rings. The Hall–Kier alpha value is -1.08. The monoisotopic (exact) mass is 407 g/mol. The first-order valence-corrected chi connectivity index (χ1v) is 8.84. The summed E-state index contributed by atoms with van der Waals surface area (Å²) in [5.41, 5.74) is 1.33. The Morgan fingerprint density at radius 2 is 1.88 bits per heavy atom. The van der Waals surface area contributed by atoms with Gasteiger partial charge in [-0.3, -0.25) is 4.79 Å². The van der Waals surface area contributed by atoms with Crippen molar-refractivity contribution in [3.8, 4) is 0 Å². The topological polar surface area (TPSA) is 53.6 Å². The van der Waals surface area contributed by atoms with E-state index >= 15 is 0 Å². The SMILES string of the molecule is Cl.Cl.O=C(CCC1CCNCC1)Nc1cc(F)cc(N2CCOCC2)c1. The minimum Gasteiger partial charge on any atom is -0.378 e. The first-order chi connectivity index (χ1) is 11.7. The molecular formula is C18H28Cl2FN3O2. The minimum absolute atomic E-state index is 0. The van der Waals surface area contributed by atoms with Crippen LogP contribution in [0.3, 0.4) is 0 Å². The quantitative estimate of drug-likeness (QED) is 0.786. The van der Waals surface area contributed by atoms with Gasteiger partial charge in [-0.05, 0) is 56.5 Å². The fourth-order valence-electron chi connectivity index (χ4n) is 3.38. The number of hydrogen-bond acceptors (Lipinski definition) is 4. The third-order valence-corrected chi connectivity index (χ3v) is 4.78. The normalized spacial score (nSPS) is 17.8.